The van der Waals surface area contributed by atoms with Gasteiger partial charge in [0.15, 0.2) is 0 Å². The minimum Gasteiger partial charge on any atom is -0.481 e. The normalized spacial score (nSPS) is 26.6. The van der Waals surface area contributed by atoms with Gasteiger partial charge < -0.3 is 20.2 Å². The third-order valence-corrected chi connectivity index (χ3v) is 5.15. The fourth-order valence-electron chi connectivity index (χ4n) is 3.64. The molecule has 7 nitrogen and oxygen atoms in total. The van der Waals surface area contributed by atoms with E-state index in [1.165, 1.54) is 0 Å². The van der Waals surface area contributed by atoms with Crippen molar-refractivity contribution >= 4 is 29.4 Å². The van der Waals surface area contributed by atoms with Crippen LogP contribution in [0, 0.1) is 11.8 Å². The van der Waals surface area contributed by atoms with Crippen LogP contribution in [0.4, 0.5) is 10.6 Å². The molecule has 25 heavy (non-hydrogen) atoms. The first-order chi connectivity index (χ1) is 11.9. The predicted molar refractivity (Wildman–Crippen MR) is 94.9 cm³/mol. The summed E-state index contributed by atoms with van der Waals surface area (Å²) < 4.78 is 0. The molecule has 0 radical (unpaired) electrons. The summed E-state index contributed by atoms with van der Waals surface area (Å²) in [5, 5.41) is 12.9. The van der Waals surface area contributed by atoms with Gasteiger partial charge in [0, 0.05) is 38.4 Å². The Balaban J connectivity index is 1.57. The quantitative estimate of drug-likeness (QED) is 0.855. The van der Waals surface area contributed by atoms with Gasteiger partial charge in [0.05, 0.1) is 10.9 Å². The Kier molecular flexibility index (Phi) is 5.32. The summed E-state index contributed by atoms with van der Waals surface area (Å²) in [6.07, 6.45) is 3.13. The van der Waals surface area contributed by atoms with Crippen LogP contribution in [0.1, 0.15) is 19.8 Å². The number of rotatable bonds is 3. The van der Waals surface area contributed by atoms with Crippen LogP contribution in [0.3, 0.4) is 0 Å². The van der Waals surface area contributed by atoms with E-state index in [9.17, 15) is 14.7 Å². The molecule has 2 saturated heterocycles. The molecule has 8 heteroatoms. The molecule has 0 saturated carbocycles. The average Bonchev–Trinajstić information content (AvgIpc) is 3.02. The molecule has 2 fully saturated rings. The minimum atomic E-state index is -0.832. The summed E-state index contributed by atoms with van der Waals surface area (Å²) >= 11 is 6.19. The molecule has 0 spiro atoms. The van der Waals surface area contributed by atoms with Crippen molar-refractivity contribution in [2.45, 2.75) is 25.8 Å². The molecular formula is C17H23ClN4O3. The summed E-state index contributed by atoms with van der Waals surface area (Å²) in [5.41, 5.74) is 0. The van der Waals surface area contributed by atoms with Crippen LogP contribution in [0.25, 0.3) is 0 Å². The average molecular weight is 367 g/mol. The number of anilines is 1. The van der Waals surface area contributed by atoms with Gasteiger partial charge in [-0.2, -0.15) is 0 Å². The van der Waals surface area contributed by atoms with E-state index < -0.39 is 11.9 Å². The summed E-state index contributed by atoms with van der Waals surface area (Å²) in [6, 6.07) is 3.41. The molecule has 2 aliphatic rings. The number of halogens is 1. The topological polar surface area (TPSA) is 85.8 Å². The van der Waals surface area contributed by atoms with Crippen LogP contribution in [0.5, 0.6) is 0 Å². The lowest BCUT2D eigenvalue weighted by Gasteiger charge is -2.35. The van der Waals surface area contributed by atoms with Gasteiger partial charge in [-0.25, -0.2) is 9.78 Å². The SMILES string of the molecule is CC1CC(C(=O)O)CN(C(=O)NC2CCN(c3ncccc3Cl)C2)C1. The number of carbonyl (C=O) groups excluding carboxylic acids is 1. The number of nitrogens with one attached hydrogen (secondary N) is 1. The Morgan fingerprint density at radius 1 is 1.36 bits per heavy atom. The van der Waals surface area contributed by atoms with Crippen LogP contribution in [-0.2, 0) is 4.79 Å². The van der Waals surface area contributed by atoms with E-state index in [1.807, 2.05) is 6.92 Å². The fraction of sp³-hybridized carbons (Fsp3) is 0.588. The van der Waals surface area contributed by atoms with E-state index in [-0.39, 0.29) is 24.5 Å². The first kappa shape index (κ1) is 17.8. The van der Waals surface area contributed by atoms with Crippen molar-refractivity contribution < 1.29 is 14.7 Å². The number of carboxylic acid groups (broad SMARTS) is 1. The van der Waals surface area contributed by atoms with Crippen molar-refractivity contribution in [2.24, 2.45) is 11.8 Å². The van der Waals surface area contributed by atoms with Crippen molar-refractivity contribution in [1.29, 1.82) is 0 Å². The maximum Gasteiger partial charge on any atom is 0.317 e. The molecule has 3 atom stereocenters. The zero-order valence-electron chi connectivity index (χ0n) is 14.2. The van der Waals surface area contributed by atoms with Gasteiger partial charge in [-0.3, -0.25) is 4.79 Å². The van der Waals surface area contributed by atoms with Gasteiger partial charge in [-0.1, -0.05) is 18.5 Å². The number of pyridine rings is 1. The fourth-order valence-corrected chi connectivity index (χ4v) is 3.88. The third-order valence-electron chi connectivity index (χ3n) is 4.85. The number of aromatic nitrogens is 1. The first-order valence-electron chi connectivity index (χ1n) is 8.57. The molecule has 3 unspecified atom stereocenters. The zero-order chi connectivity index (χ0) is 18.0. The van der Waals surface area contributed by atoms with Crippen LogP contribution >= 0.6 is 11.6 Å². The molecule has 136 valence electrons. The van der Waals surface area contributed by atoms with Gasteiger partial charge in [-0.15, -0.1) is 0 Å². The molecule has 1 aromatic rings. The number of urea groups is 1. The Bertz CT molecular complexity index is 657. The van der Waals surface area contributed by atoms with E-state index >= 15 is 0 Å². The molecule has 2 amide bonds. The van der Waals surface area contributed by atoms with Gasteiger partial charge in [0.1, 0.15) is 5.82 Å². The van der Waals surface area contributed by atoms with Crippen LogP contribution < -0.4 is 10.2 Å². The Morgan fingerprint density at radius 2 is 2.16 bits per heavy atom. The molecule has 1 aromatic heterocycles. The molecule has 0 bridgehead atoms. The van der Waals surface area contributed by atoms with Gasteiger partial charge in [0.2, 0.25) is 0 Å². The molecule has 3 heterocycles. The standard InChI is InChI=1S/C17H23ClN4O3/c1-11-7-12(16(23)24)9-22(8-11)17(25)20-13-4-6-21(10-13)15-14(18)3-2-5-19-15/h2-3,5,11-13H,4,6-10H2,1H3,(H,20,25)(H,23,24). The molecule has 2 N–H and O–H groups in total. The Hall–Kier alpha value is -2.02. The number of nitrogens with zero attached hydrogens (tertiary/aromatic N) is 3. The number of aliphatic carboxylic acids is 1. The highest BCUT2D eigenvalue weighted by atomic mass is 35.5. The molecule has 0 aromatic carbocycles. The van der Waals surface area contributed by atoms with Crippen molar-refractivity contribution in [3.63, 3.8) is 0 Å². The minimum absolute atomic E-state index is 0.00563. The molecule has 3 rings (SSSR count). The maximum absolute atomic E-state index is 12.5. The second-order valence-electron chi connectivity index (χ2n) is 6.97. The van der Waals surface area contributed by atoms with Crippen molar-refractivity contribution in [1.82, 2.24) is 15.2 Å². The molecule has 0 aliphatic carbocycles. The van der Waals surface area contributed by atoms with Crippen molar-refractivity contribution in [3.05, 3.63) is 23.4 Å². The molecule has 2 aliphatic heterocycles. The van der Waals surface area contributed by atoms with E-state index in [2.05, 4.69) is 15.2 Å². The number of likely N-dealkylation sites (tertiary alicyclic amines) is 1. The first-order valence-corrected chi connectivity index (χ1v) is 8.95. The number of carbonyl (C=O) groups is 2. The molecular weight excluding hydrogens is 344 g/mol. The highest BCUT2D eigenvalue weighted by molar-refractivity contribution is 6.32. The van der Waals surface area contributed by atoms with Crippen LogP contribution in [0.2, 0.25) is 5.02 Å². The summed E-state index contributed by atoms with van der Waals surface area (Å²) in [5.74, 6) is -0.394. The lowest BCUT2D eigenvalue weighted by atomic mass is 9.91. The van der Waals surface area contributed by atoms with Gasteiger partial charge in [0.25, 0.3) is 0 Å². The smallest absolute Gasteiger partial charge is 0.317 e. The van der Waals surface area contributed by atoms with E-state index in [0.717, 1.165) is 18.8 Å². The van der Waals surface area contributed by atoms with Gasteiger partial charge >= 0.3 is 12.0 Å². The zero-order valence-corrected chi connectivity index (χ0v) is 14.9. The van der Waals surface area contributed by atoms with E-state index in [0.29, 0.717) is 24.5 Å². The number of amides is 2. The number of piperidine rings is 1. The van der Waals surface area contributed by atoms with Crippen molar-refractivity contribution in [2.75, 3.05) is 31.1 Å². The maximum atomic E-state index is 12.5. The third kappa shape index (κ3) is 4.15. The highest BCUT2D eigenvalue weighted by Gasteiger charge is 2.33. The van der Waals surface area contributed by atoms with Gasteiger partial charge in [-0.05, 0) is 30.9 Å². The Morgan fingerprint density at radius 3 is 2.88 bits per heavy atom. The number of hydrogen-bond acceptors (Lipinski definition) is 4. The number of carboxylic acids is 1. The van der Waals surface area contributed by atoms with E-state index in [4.69, 9.17) is 11.6 Å². The predicted octanol–water partition coefficient (Wildman–Crippen LogP) is 2.07. The Labute approximate surface area is 152 Å². The monoisotopic (exact) mass is 366 g/mol. The second kappa shape index (κ2) is 7.47. The van der Waals surface area contributed by atoms with Crippen LogP contribution in [0.15, 0.2) is 18.3 Å². The van der Waals surface area contributed by atoms with Crippen LogP contribution in [-0.4, -0.2) is 59.2 Å². The lowest BCUT2D eigenvalue weighted by Crippen LogP contribution is -2.52. The second-order valence-corrected chi connectivity index (χ2v) is 7.38. The number of hydrogen-bond donors (Lipinski definition) is 2. The summed E-state index contributed by atoms with van der Waals surface area (Å²) in [7, 11) is 0. The van der Waals surface area contributed by atoms with Crippen molar-refractivity contribution in [3.8, 4) is 0 Å². The largest absolute Gasteiger partial charge is 0.481 e. The summed E-state index contributed by atoms with van der Waals surface area (Å²) in [6.45, 7) is 4.27. The van der Waals surface area contributed by atoms with E-state index in [1.54, 1.807) is 23.2 Å². The lowest BCUT2D eigenvalue weighted by molar-refractivity contribution is -0.143. The highest BCUT2D eigenvalue weighted by Crippen LogP contribution is 2.26. The summed E-state index contributed by atoms with van der Waals surface area (Å²) in [4.78, 5) is 31.8.